The van der Waals surface area contributed by atoms with Crippen molar-refractivity contribution in [2.75, 3.05) is 18.1 Å². The van der Waals surface area contributed by atoms with Gasteiger partial charge in [0.05, 0.1) is 5.69 Å². The van der Waals surface area contributed by atoms with Gasteiger partial charge in [0.1, 0.15) is 5.76 Å². The van der Waals surface area contributed by atoms with E-state index in [1.165, 1.54) is 0 Å². The Kier molecular flexibility index (Phi) is 7.56. The summed E-state index contributed by atoms with van der Waals surface area (Å²) in [5.41, 5.74) is 2.01. The van der Waals surface area contributed by atoms with E-state index in [4.69, 9.17) is 4.52 Å². The van der Waals surface area contributed by atoms with Crippen molar-refractivity contribution in [3.05, 3.63) is 17.0 Å². The minimum atomic E-state index is 0. The highest BCUT2D eigenvalue weighted by atomic mass is 35.5. The summed E-state index contributed by atoms with van der Waals surface area (Å²) >= 11 is 1.91. The predicted molar refractivity (Wildman–Crippen MR) is 88.3 cm³/mol. The molecular formula is C14H24ClN3O2S. The zero-order chi connectivity index (χ0) is 14.5. The number of aromatic nitrogens is 1. The number of carbonyl (C=O) groups excluding carboxylic acids is 1. The molecule has 120 valence electrons. The van der Waals surface area contributed by atoms with E-state index < -0.39 is 0 Å². The Morgan fingerprint density at radius 3 is 2.90 bits per heavy atom. The lowest BCUT2D eigenvalue weighted by molar-refractivity contribution is -0.122. The average Bonchev–Trinajstić information content (AvgIpc) is 2.71. The van der Waals surface area contributed by atoms with Crippen LogP contribution in [0.5, 0.6) is 0 Å². The fraction of sp³-hybridized carbons (Fsp3) is 0.714. The molecule has 5 nitrogen and oxygen atoms in total. The number of nitrogens with one attached hydrogen (secondary N) is 2. The molecule has 1 saturated heterocycles. The lowest BCUT2D eigenvalue weighted by Gasteiger charge is -2.23. The van der Waals surface area contributed by atoms with E-state index in [0.29, 0.717) is 12.5 Å². The third-order valence-electron chi connectivity index (χ3n) is 3.53. The summed E-state index contributed by atoms with van der Waals surface area (Å²) in [6, 6.07) is 0.399. The molecule has 1 aromatic heterocycles. The molecule has 21 heavy (non-hydrogen) atoms. The van der Waals surface area contributed by atoms with Crippen molar-refractivity contribution in [1.82, 2.24) is 15.8 Å². The van der Waals surface area contributed by atoms with Crippen molar-refractivity contribution < 1.29 is 9.32 Å². The number of hydrogen-bond acceptors (Lipinski definition) is 5. The summed E-state index contributed by atoms with van der Waals surface area (Å²) in [6.45, 7) is 6.86. The molecule has 2 rings (SSSR count). The highest BCUT2D eigenvalue weighted by Gasteiger charge is 2.19. The van der Waals surface area contributed by atoms with Gasteiger partial charge in [-0.05, 0) is 27.2 Å². The molecule has 0 radical (unpaired) electrons. The van der Waals surface area contributed by atoms with Gasteiger partial charge in [-0.25, -0.2) is 0 Å². The Morgan fingerprint density at radius 2 is 2.33 bits per heavy atom. The molecule has 1 amide bonds. The number of halogens is 1. The van der Waals surface area contributed by atoms with Gasteiger partial charge in [0, 0.05) is 42.1 Å². The van der Waals surface area contributed by atoms with Crippen LogP contribution in [0.2, 0.25) is 0 Å². The Hall–Kier alpha value is -0.720. The third-order valence-corrected chi connectivity index (χ3v) is 4.66. The maximum absolute atomic E-state index is 12.0. The molecule has 0 bridgehead atoms. The van der Waals surface area contributed by atoms with Crippen LogP contribution in [0.4, 0.5) is 0 Å². The Bertz CT molecular complexity index is 442. The number of rotatable bonds is 5. The van der Waals surface area contributed by atoms with E-state index in [2.05, 4.69) is 15.8 Å². The van der Waals surface area contributed by atoms with Crippen LogP contribution in [0.25, 0.3) is 0 Å². The lowest BCUT2D eigenvalue weighted by Crippen LogP contribution is -2.43. The molecular weight excluding hydrogens is 310 g/mol. The van der Waals surface area contributed by atoms with Crippen molar-refractivity contribution in [1.29, 1.82) is 0 Å². The summed E-state index contributed by atoms with van der Waals surface area (Å²) in [5, 5.41) is 10.4. The minimum absolute atomic E-state index is 0. The van der Waals surface area contributed by atoms with Gasteiger partial charge in [0.15, 0.2) is 0 Å². The minimum Gasteiger partial charge on any atom is -0.361 e. The number of carbonyl (C=O) groups is 1. The highest BCUT2D eigenvalue weighted by Crippen LogP contribution is 2.15. The number of nitrogens with zero attached hydrogens (tertiary/aromatic N) is 1. The van der Waals surface area contributed by atoms with Gasteiger partial charge in [-0.15, -0.1) is 12.4 Å². The molecule has 2 N–H and O–H groups in total. The van der Waals surface area contributed by atoms with Crippen LogP contribution in [-0.2, 0) is 11.2 Å². The first-order valence-corrected chi connectivity index (χ1v) is 8.24. The molecule has 0 aromatic carbocycles. The van der Waals surface area contributed by atoms with E-state index in [1.54, 1.807) is 0 Å². The molecule has 1 aliphatic heterocycles. The second-order valence-electron chi connectivity index (χ2n) is 5.41. The predicted octanol–water partition coefficient (Wildman–Crippen LogP) is 1.86. The fourth-order valence-corrected chi connectivity index (χ4v) is 3.41. The van der Waals surface area contributed by atoms with E-state index in [-0.39, 0.29) is 24.4 Å². The van der Waals surface area contributed by atoms with Crippen molar-refractivity contribution >= 4 is 30.1 Å². The first-order chi connectivity index (χ1) is 9.56. The summed E-state index contributed by atoms with van der Waals surface area (Å²) < 4.78 is 5.15. The number of aryl methyl sites for hydroxylation is 2. The molecule has 7 heteroatoms. The molecule has 2 heterocycles. The number of hydrogen-bond donors (Lipinski definition) is 2. The van der Waals surface area contributed by atoms with Crippen LogP contribution in [0.15, 0.2) is 4.52 Å². The summed E-state index contributed by atoms with van der Waals surface area (Å²) in [4.78, 5) is 12.0. The maximum atomic E-state index is 12.0. The van der Waals surface area contributed by atoms with Crippen LogP contribution in [0, 0.1) is 13.8 Å². The largest absolute Gasteiger partial charge is 0.361 e. The SMILES string of the molecule is Cc1noc(C)c1CC(C)NC(=O)CC1CSCCN1.Cl. The molecule has 1 fully saturated rings. The van der Waals surface area contributed by atoms with Crippen LogP contribution in [0.1, 0.15) is 30.4 Å². The van der Waals surface area contributed by atoms with Crippen molar-refractivity contribution in [2.24, 2.45) is 0 Å². The zero-order valence-electron chi connectivity index (χ0n) is 12.8. The molecule has 1 aromatic rings. The Labute approximate surface area is 136 Å². The molecule has 0 aliphatic carbocycles. The smallest absolute Gasteiger partial charge is 0.221 e. The summed E-state index contributed by atoms with van der Waals surface area (Å²) in [7, 11) is 0. The van der Waals surface area contributed by atoms with Crippen LogP contribution >= 0.6 is 24.2 Å². The van der Waals surface area contributed by atoms with Gasteiger partial charge in [0.25, 0.3) is 0 Å². The molecule has 1 aliphatic rings. The number of thioether (sulfide) groups is 1. The second-order valence-corrected chi connectivity index (χ2v) is 6.56. The van der Waals surface area contributed by atoms with E-state index in [0.717, 1.165) is 41.5 Å². The molecule has 2 atom stereocenters. The van der Waals surface area contributed by atoms with Gasteiger partial charge >= 0.3 is 0 Å². The van der Waals surface area contributed by atoms with Gasteiger partial charge < -0.3 is 15.2 Å². The maximum Gasteiger partial charge on any atom is 0.221 e. The van der Waals surface area contributed by atoms with Gasteiger partial charge in [-0.2, -0.15) is 11.8 Å². The number of amides is 1. The molecule has 0 spiro atoms. The third kappa shape index (κ3) is 5.52. The monoisotopic (exact) mass is 333 g/mol. The average molecular weight is 334 g/mol. The molecule has 0 saturated carbocycles. The zero-order valence-corrected chi connectivity index (χ0v) is 14.4. The first kappa shape index (κ1) is 18.3. The highest BCUT2D eigenvalue weighted by molar-refractivity contribution is 7.99. The van der Waals surface area contributed by atoms with E-state index in [9.17, 15) is 4.79 Å². The Morgan fingerprint density at radius 1 is 1.57 bits per heavy atom. The Balaban J connectivity index is 0.00000220. The summed E-state index contributed by atoms with van der Waals surface area (Å²) in [6.07, 6.45) is 1.32. The van der Waals surface area contributed by atoms with E-state index >= 15 is 0 Å². The molecule has 2 unspecified atom stereocenters. The summed E-state index contributed by atoms with van der Waals surface area (Å²) in [5.74, 6) is 3.12. The van der Waals surface area contributed by atoms with Crippen molar-refractivity contribution in [2.45, 2.75) is 45.7 Å². The first-order valence-electron chi connectivity index (χ1n) is 7.08. The van der Waals surface area contributed by atoms with Crippen molar-refractivity contribution in [3.8, 4) is 0 Å². The quantitative estimate of drug-likeness (QED) is 0.861. The van der Waals surface area contributed by atoms with E-state index in [1.807, 2.05) is 32.5 Å². The second kappa shape index (κ2) is 8.66. The van der Waals surface area contributed by atoms with Crippen LogP contribution < -0.4 is 10.6 Å². The normalized spacial score (nSPS) is 19.7. The van der Waals surface area contributed by atoms with Gasteiger partial charge in [0.2, 0.25) is 5.91 Å². The van der Waals surface area contributed by atoms with Crippen LogP contribution in [0.3, 0.4) is 0 Å². The van der Waals surface area contributed by atoms with Crippen LogP contribution in [-0.4, -0.2) is 41.2 Å². The lowest BCUT2D eigenvalue weighted by atomic mass is 10.1. The van der Waals surface area contributed by atoms with Crippen molar-refractivity contribution in [3.63, 3.8) is 0 Å². The topological polar surface area (TPSA) is 67.2 Å². The fourth-order valence-electron chi connectivity index (χ4n) is 2.46. The van der Waals surface area contributed by atoms with Gasteiger partial charge in [-0.1, -0.05) is 5.16 Å². The van der Waals surface area contributed by atoms with Gasteiger partial charge in [-0.3, -0.25) is 4.79 Å². The standard InChI is InChI=1S/C14H23N3O2S.ClH/c1-9(6-13-10(2)17-19-11(13)3)16-14(18)7-12-8-20-5-4-15-12;/h9,12,15H,4-8H2,1-3H3,(H,16,18);1H.